The number of likely N-dealkylation sites (tertiary alicyclic amines) is 1. The van der Waals surface area contributed by atoms with Gasteiger partial charge in [0.1, 0.15) is 0 Å². The Labute approximate surface area is 162 Å². The summed E-state index contributed by atoms with van der Waals surface area (Å²) in [5.41, 5.74) is 0.945. The van der Waals surface area contributed by atoms with Crippen molar-refractivity contribution in [1.29, 1.82) is 0 Å². The van der Waals surface area contributed by atoms with Crippen LogP contribution in [0.2, 0.25) is 0 Å². The molecule has 150 valence electrons. The summed E-state index contributed by atoms with van der Waals surface area (Å²) in [6, 6.07) is 7.15. The first-order valence-electron chi connectivity index (χ1n) is 9.79. The lowest BCUT2D eigenvalue weighted by atomic mass is 9.74. The third-order valence-electron chi connectivity index (χ3n) is 6.18. The van der Waals surface area contributed by atoms with Gasteiger partial charge in [-0.3, -0.25) is 4.79 Å². The maximum atomic E-state index is 12.8. The quantitative estimate of drug-likeness (QED) is 0.734. The standard InChI is InChI=1S/C20H30N2O4S/c1-3-16-6-8-17(9-7-16)27(24,25)21-15-20-11-4-5-18(20)22(13-14-26-2)19(23)10-12-20/h6-9,18,21H,3-5,10-15H2,1-2H3/t18-,20+/m1/s1. The first kappa shape index (κ1) is 20.3. The number of nitrogens with one attached hydrogen (secondary N) is 1. The van der Waals surface area contributed by atoms with Crippen molar-refractivity contribution in [3.8, 4) is 0 Å². The van der Waals surface area contributed by atoms with E-state index < -0.39 is 10.0 Å². The molecule has 2 aliphatic rings. The van der Waals surface area contributed by atoms with Crippen LogP contribution in [0.1, 0.15) is 44.6 Å². The minimum Gasteiger partial charge on any atom is -0.383 e. The number of carbonyl (C=O) groups excluding carboxylic acids is 1. The molecule has 0 unspecified atom stereocenters. The third-order valence-corrected chi connectivity index (χ3v) is 7.60. The third kappa shape index (κ3) is 4.20. The van der Waals surface area contributed by atoms with E-state index in [1.54, 1.807) is 19.2 Å². The summed E-state index contributed by atoms with van der Waals surface area (Å²) in [6.45, 7) is 3.51. The fourth-order valence-electron chi connectivity index (χ4n) is 4.56. The summed E-state index contributed by atoms with van der Waals surface area (Å²) in [7, 11) is -1.92. The van der Waals surface area contributed by atoms with Crippen molar-refractivity contribution in [2.24, 2.45) is 5.41 Å². The van der Waals surface area contributed by atoms with E-state index in [9.17, 15) is 13.2 Å². The van der Waals surface area contributed by atoms with Gasteiger partial charge < -0.3 is 9.64 Å². The molecule has 1 saturated heterocycles. The number of hydrogen-bond acceptors (Lipinski definition) is 4. The van der Waals surface area contributed by atoms with Crippen molar-refractivity contribution in [2.75, 3.05) is 26.8 Å². The van der Waals surface area contributed by atoms with Gasteiger partial charge in [-0.25, -0.2) is 13.1 Å². The Morgan fingerprint density at radius 2 is 2.00 bits per heavy atom. The van der Waals surface area contributed by atoms with Crippen LogP contribution in [0.5, 0.6) is 0 Å². The summed E-state index contributed by atoms with van der Waals surface area (Å²) in [5, 5.41) is 0. The topological polar surface area (TPSA) is 75.7 Å². The van der Waals surface area contributed by atoms with Crippen LogP contribution in [-0.4, -0.2) is 52.1 Å². The number of methoxy groups -OCH3 is 1. The van der Waals surface area contributed by atoms with Crippen molar-refractivity contribution < 1.29 is 17.9 Å². The largest absolute Gasteiger partial charge is 0.383 e. The number of hydrogen-bond donors (Lipinski definition) is 1. The Balaban J connectivity index is 1.73. The lowest BCUT2D eigenvalue weighted by Crippen LogP contribution is -2.56. The Kier molecular flexibility index (Phi) is 6.23. The first-order chi connectivity index (χ1) is 12.9. The van der Waals surface area contributed by atoms with Crippen LogP contribution in [0.4, 0.5) is 0 Å². The number of ether oxygens (including phenoxy) is 1. The number of fused-ring (bicyclic) bond motifs is 1. The van der Waals surface area contributed by atoms with Gasteiger partial charge in [-0.1, -0.05) is 25.5 Å². The van der Waals surface area contributed by atoms with Crippen molar-refractivity contribution in [3.63, 3.8) is 0 Å². The van der Waals surface area contributed by atoms with Crippen molar-refractivity contribution in [2.45, 2.75) is 56.4 Å². The van der Waals surface area contributed by atoms with Gasteiger partial charge in [-0.2, -0.15) is 0 Å². The molecule has 0 aromatic heterocycles. The van der Waals surface area contributed by atoms with Gasteiger partial charge in [-0.05, 0) is 43.4 Å². The molecule has 1 aliphatic carbocycles. The zero-order chi connectivity index (χ0) is 19.5. The molecule has 7 heteroatoms. The smallest absolute Gasteiger partial charge is 0.240 e. The van der Waals surface area contributed by atoms with Gasteiger partial charge in [-0.15, -0.1) is 0 Å². The number of benzene rings is 1. The van der Waals surface area contributed by atoms with Gasteiger partial charge in [0.2, 0.25) is 15.9 Å². The fraction of sp³-hybridized carbons (Fsp3) is 0.650. The number of rotatable bonds is 8. The molecule has 1 aliphatic heterocycles. The van der Waals surface area contributed by atoms with E-state index in [0.717, 1.165) is 37.7 Å². The van der Waals surface area contributed by atoms with Gasteiger partial charge in [0.25, 0.3) is 0 Å². The SMILES string of the molecule is CCc1ccc(S(=O)(=O)NC[C@@]23CCC[C@H]2N(CCOC)C(=O)CC3)cc1. The molecule has 6 nitrogen and oxygen atoms in total. The molecular weight excluding hydrogens is 364 g/mol. The predicted molar refractivity (Wildman–Crippen MR) is 104 cm³/mol. The van der Waals surface area contributed by atoms with E-state index in [1.807, 2.05) is 24.0 Å². The molecule has 1 amide bonds. The number of carbonyl (C=O) groups is 1. The summed E-state index contributed by atoms with van der Waals surface area (Å²) in [4.78, 5) is 14.6. The van der Waals surface area contributed by atoms with Gasteiger partial charge >= 0.3 is 0 Å². The molecule has 0 spiro atoms. The summed E-state index contributed by atoms with van der Waals surface area (Å²) in [5.74, 6) is 0.160. The van der Waals surface area contributed by atoms with Crippen LogP contribution in [0.15, 0.2) is 29.2 Å². The second kappa shape index (κ2) is 8.29. The maximum Gasteiger partial charge on any atom is 0.240 e. The molecule has 0 bridgehead atoms. The molecule has 27 heavy (non-hydrogen) atoms. The minimum atomic E-state index is -3.55. The second-order valence-corrected chi connectivity index (χ2v) is 9.44. The van der Waals surface area contributed by atoms with E-state index in [0.29, 0.717) is 31.0 Å². The number of nitrogens with zero attached hydrogens (tertiary/aromatic N) is 1. The predicted octanol–water partition coefficient (Wildman–Crippen LogP) is 2.33. The summed E-state index contributed by atoms with van der Waals surface area (Å²) < 4.78 is 33.5. The Bertz CT molecular complexity index is 763. The van der Waals surface area contributed by atoms with E-state index in [-0.39, 0.29) is 17.4 Å². The van der Waals surface area contributed by atoms with Gasteiger partial charge in [0.15, 0.2) is 0 Å². The Hall–Kier alpha value is -1.44. The zero-order valence-corrected chi connectivity index (χ0v) is 17.1. The molecule has 1 N–H and O–H groups in total. The first-order valence-corrected chi connectivity index (χ1v) is 11.3. The minimum absolute atomic E-state index is 0.0964. The summed E-state index contributed by atoms with van der Waals surface area (Å²) in [6.07, 6.45) is 5.01. The Morgan fingerprint density at radius 3 is 2.67 bits per heavy atom. The number of sulfonamides is 1. The maximum absolute atomic E-state index is 12.8. The molecule has 2 atom stereocenters. The Morgan fingerprint density at radius 1 is 1.26 bits per heavy atom. The highest BCUT2D eigenvalue weighted by Gasteiger charge is 2.50. The highest BCUT2D eigenvalue weighted by molar-refractivity contribution is 7.89. The highest BCUT2D eigenvalue weighted by atomic mass is 32.2. The molecule has 2 fully saturated rings. The molecule has 1 aromatic rings. The monoisotopic (exact) mass is 394 g/mol. The highest BCUT2D eigenvalue weighted by Crippen LogP contribution is 2.47. The number of amides is 1. The second-order valence-electron chi connectivity index (χ2n) is 7.67. The summed E-state index contributed by atoms with van der Waals surface area (Å²) >= 11 is 0. The lowest BCUT2D eigenvalue weighted by Gasteiger charge is -2.46. The average molecular weight is 395 g/mol. The molecule has 3 rings (SSSR count). The van der Waals surface area contributed by atoms with Crippen LogP contribution in [0.25, 0.3) is 0 Å². The van der Waals surface area contributed by atoms with Crippen LogP contribution in [-0.2, 0) is 26.0 Å². The van der Waals surface area contributed by atoms with Gasteiger partial charge in [0, 0.05) is 38.1 Å². The lowest BCUT2D eigenvalue weighted by molar-refractivity contribution is -0.142. The van der Waals surface area contributed by atoms with Crippen molar-refractivity contribution in [3.05, 3.63) is 29.8 Å². The van der Waals surface area contributed by atoms with Crippen molar-refractivity contribution in [1.82, 2.24) is 9.62 Å². The molecule has 1 saturated carbocycles. The van der Waals surface area contributed by atoms with E-state index in [2.05, 4.69) is 4.72 Å². The van der Waals surface area contributed by atoms with E-state index in [4.69, 9.17) is 4.74 Å². The van der Waals surface area contributed by atoms with Crippen LogP contribution >= 0.6 is 0 Å². The average Bonchev–Trinajstić information content (AvgIpc) is 3.10. The number of piperidine rings is 1. The van der Waals surface area contributed by atoms with E-state index in [1.165, 1.54) is 0 Å². The number of aryl methyl sites for hydroxylation is 1. The molecule has 1 heterocycles. The normalized spacial score (nSPS) is 25.6. The fourth-order valence-corrected chi connectivity index (χ4v) is 5.70. The van der Waals surface area contributed by atoms with Crippen LogP contribution in [0.3, 0.4) is 0 Å². The zero-order valence-electron chi connectivity index (χ0n) is 16.2. The van der Waals surface area contributed by atoms with Crippen LogP contribution < -0.4 is 4.72 Å². The van der Waals surface area contributed by atoms with E-state index >= 15 is 0 Å². The molecule has 0 radical (unpaired) electrons. The van der Waals surface area contributed by atoms with Gasteiger partial charge in [0.05, 0.1) is 11.5 Å². The van der Waals surface area contributed by atoms with Crippen molar-refractivity contribution >= 4 is 15.9 Å². The molecule has 1 aromatic carbocycles. The van der Waals surface area contributed by atoms with Crippen LogP contribution in [0, 0.1) is 5.41 Å². The molecular formula is C20H30N2O4S.